The van der Waals surface area contributed by atoms with Crippen LogP contribution in [0.2, 0.25) is 0 Å². The van der Waals surface area contributed by atoms with Crippen molar-refractivity contribution < 1.29 is 47.4 Å². The summed E-state index contributed by atoms with van der Waals surface area (Å²) >= 11 is 0. The van der Waals surface area contributed by atoms with E-state index in [0.29, 0.717) is 24.0 Å². The molecule has 0 bridgehead atoms. The monoisotopic (exact) mass is 862 g/mol. The van der Waals surface area contributed by atoms with Crippen LogP contribution in [-0.4, -0.2) is 76.9 Å². The second-order valence-electron chi connectivity index (χ2n) is 18.9. The van der Waals surface area contributed by atoms with Gasteiger partial charge in [0.25, 0.3) is 0 Å². The quantitative estimate of drug-likeness (QED) is 0.0792. The van der Waals surface area contributed by atoms with Gasteiger partial charge in [0.15, 0.2) is 0 Å². The van der Waals surface area contributed by atoms with Crippen LogP contribution in [0.4, 0.5) is 52.0 Å². The average Bonchev–Trinajstić information content (AvgIpc) is 3.07. The molecule has 18 heteroatoms. The van der Waals surface area contributed by atoms with Crippen molar-refractivity contribution in [2.75, 3.05) is 34.4 Å². The summed E-state index contributed by atoms with van der Waals surface area (Å²) in [4.78, 5) is 58.6. The molecule has 17 nitrogen and oxygen atoms in total. The number of nitro groups is 1. The highest BCUT2D eigenvalue weighted by molar-refractivity contribution is 5.87. The number of hydrogen-bond donors (Lipinski definition) is 5. The predicted octanol–water partition coefficient (Wildman–Crippen LogP) is 10.0. The molecule has 2 aromatic carbocycles. The minimum Gasteiger partial charge on any atom is -0.444 e. The van der Waals surface area contributed by atoms with Crippen LogP contribution >= 0.6 is 0 Å². The predicted molar refractivity (Wildman–Crippen MR) is 234 cm³/mol. The summed E-state index contributed by atoms with van der Waals surface area (Å²) in [6, 6.07) is 8.75. The van der Waals surface area contributed by atoms with E-state index in [1.807, 2.05) is 68.4 Å². The lowest BCUT2D eigenvalue weighted by molar-refractivity contribution is -0.387. The molecule has 1 atom stereocenters. The maximum absolute atomic E-state index is 13.0. The van der Waals surface area contributed by atoms with Crippen molar-refractivity contribution in [1.29, 1.82) is 0 Å². The van der Waals surface area contributed by atoms with E-state index in [4.69, 9.17) is 24.7 Å². The van der Waals surface area contributed by atoms with E-state index in [-0.39, 0.29) is 17.8 Å². The first-order chi connectivity index (χ1) is 28.0. The summed E-state index contributed by atoms with van der Waals surface area (Å²) in [5, 5.41) is 21.3. The van der Waals surface area contributed by atoms with E-state index >= 15 is 0 Å². The molecule has 1 heterocycles. The molecule has 342 valence electrons. The van der Waals surface area contributed by atoms with Crippen molar-refractivity contribution in [3.63, 3.8) is 0 Å². The van der Waals surface area contributed by atoms with Gasteiger partial charge in [-0.2, -0.15) is 4.39 Å². The second kappa shape index (κ2) is 22.3. The SMILES string of the molecule is CC(C)(C)OC(=O)NC1CCCCC1.CC(C)(C)OC(=O)Nc1ccc(F)c([N+](=O)[O-])c1.CC(C)(C)OC(=O)Nc1ccc(N2CCC[C@@H](NC(=O)OC(C)(C)C)C2)c(N)c1. The van der Waals surface area contributed by atoms with E-state index in [9.17, 15) is 33.7 Å². The van der Waals surface area contributed by atoms with Crippen molar-refractivity contribution in [3.8, 4) is 0 Å². The number of nitrogens with two attached hydrogens (primary N) is 1. The van der Waals surface area contributed by atoms with Crippen molar-refractivity contribution in [2.45, 2.75) is 163 Å². The lowest BCUT2D eigenvalue weighted by atomic mass is 9.96. The Labute approximate surface area is 359 Å². The van der Waals surface area contributed by atoms with Crippen LogP contribution in [0.3, 0.4) is 0 Å². The molecule has 1 aliphatic heterocycles. The van der Waals surface area contributed by atoms with Crippen LogP contribution in [0.25, 0.3) is 0 Å². The molecule has 0 aromatic heterocycles. The average molecular weight is 862 g/mol. The Morgan fingerprint density at radius 2 is 1.08 bits per heavy atom. The third kappa shape index (κ3) is 22.0. The number of nitro benzene ring substituents is 1. The first kappa shape index (κ1) is 51.6. The number of ether oxygens (including phenoxy) is 4. The van der Waals surface area contributed by atoms with Gasteiger partial charge in [-0.25, -0.2) is 19.2 Å². The lowest BCUT2D eigenvalue weighted by Crippen LogP contribution is -2.49. The Morgan fingerprint density at radius 3 is 1.54 bits per heavy atom. The van der Waals surface area contributed by atoms with Gasteiger partial charge in [-0.3, -0.25) is 20.7 Å². The lowest BCUT2D eigenvalue weighted by Gasteiger charge is -2.35. The van der Waals surface area contributed by atoms with Gasteiger partial charge in [0.1, 0.15) is 22.4 Å². The summed E-state index contributed by atoms with van der Waals surface area (Å²) in [6.45, 7) is 23.1. The molecule has 1 saturated carbocycles. The number of carbonyl (C=O) groups is 4. The summed E-state index contributed by atoms with van der Waals surface area (Å²) in [7, 11) is 0. The maximum Gasteiger partial charge on any atom is 0.412 e. The number of nitrogens with one attached hydrogen (secondary N) is 4. The van der Waals surface area contributed by atoms with Gasteiger partial charge >= 0.3 is 30.1 Å². The van der Waals surface area contributed by atoms with Crippen LogP contribution in [0.15, 0.2) is 36.4 Å². The number of alkyl carbamates (subject to hydrolysis) is 2. The van der Waals surface area contributed by atoms with Crippen molar-refractivity contribution in [2.24, 2.45) is 0 Å². The van der Waals surface area contributed by atoms with Crippen LogP contribution in [0, 0.1) is 15.9 Å². The molecule has 4 rings (SSSR count). The maximum atomic E-state index is 13.0. The van der Waals surface area contributed by atoms with Gasteiger partial charge in [0.2, 0.25) is 5.82 Å². The summed E-state index contributed by atoms with van der Waals surface area (Å²) < 4.78 is 33.8. The Kier molecular flexibility index (Phi) is 18.9. The highest BCUT2D eigenvalue weighted by Gasteiger charge is 2.26. The zero-order chi connectivity index (χ0) is 46.3. The van der Waals surface area contributed by atoms with Crippen LogP contribution < -0.4 is 31.9 Å². The number of anilines is 4. The Balaban J connectivity index is 0.000000342. The number of piperidine rings is 1. The number of benzene rings is 2. The van der Waals surface area contributed by atoms with Gasteiger partial charge in [-0.15, -0.1) is 0 Å². The zero-order valence-electron chi connectivity index (χ0n) is 37.9. The van der Waals surface area contributed by atoms with Crippen LogP contribution in [0.5, 0.6) is 0 Å². The largest absolute Gasteiger partial charge is 0.444 e. The number of halogens is 1. The van der Waals surface area contributed by atoms with Gasteiger partial charge in [0.05, 0.1) is 22.0 Å². The highest BCUT2D eigenvalue weighted by atomic mass is 19.1. The summed E-state index contributed by atoms with van der Waals surface area (Å²) in [6.07, 6.45) is 5.78. The molecule has 2 aliphatic rings. The van der Waals surface area contributed by atoms with E-state index in [1.54, 1.807) is 32.9 Å². The first-order valence-corrected chi connectivity index (χ1v) is 20.6. The topological polar surface area (TPSA) is 226 Å². The number of amides is 4. The first-order valence-electron chi connectivity index (χ1n) is 20.6. The minimum atomic E-state index is -0.963. The fourth-order valence-corrected chi connectivity index (χ4v) is 6.00. The van der Waals surface area contributed by atoms with E-state index in [2.05, 4.69) is 26.2 Å². The molecule has 2 aromatic rings. The number of nitrogens with zero attached hydrogens (tertiary/aromatic N) is 2. The summed E-state index contributed by atoms with van der Waals surface area (Å²) in [5.74, 6) is -0.963. The number of rotatable bonds is 6. The molecule has 2 fully saturated rings. The fourth-order valence-electron chi connectivity index (χ4n) is 6.00. The number of carbonyl (C=O) groups excluding carboxylic acids is 4. The van der Waals surface area contributed by atoms with Crippen molar-refractivity contribution >= 4 is 52.8 Å². The molecule has 1 aliphatic carbocycles. The van der Waals surface area contributed by atoms with E-state index < -0.39 is 57.1 Å². The highest BCUT2D eigenvalue weighted by Crippen LogP contribution is 2.30. The second-order valence-corrected chi connectivity index (χ2v) is 18.9. The molecular weight excluding hydrogens is 794 g/mol. The fraction of sp³-hybridized carbons (Fsp3) is 0.628. The van der Waals surface area contributed by atoms with Gasteiger partial charge in [0, 0.05) is 36.9 Å². The van der Waals surface area contributed by atoms with Gasteiger partial charge in [-0.05, 0) is 139 Å². The number of nitrogen functional groups attached to an aromatic ring is 1. The summed E-state index contributed by atoms with van der Waals surface area (Å²) in [5.41, 5.74) is 5.45. The van der Waals surface area contributed by atoms with Gasteiger partial charge < -0.3 is 40.2 Å². The zero-order valence-corrected chi connectivity index (χ0v) is 37.9. The molecule has 0 spiro atoms. The van der Waals surface area contributed by atoms with E-state index in [1.165, 1.54) is 25.3 Å². The number of hydrogen-bond acceptors (Lipinski definition) is 12. The molecule has 0 radical (unpaired) electrons. The Hall–Kier alpha value is -5.55. The molecular formula is C43H68FN7O10. The van der Waals surface area contributed by atoms with Crippen molar-refractivity contribution in [3.05, 3.63) is 52.3 Å². The molecule has 0 unspecified atom stereocenters. The molecule has 1 saturated heterocycles. The molecule has 61 heavy (non-hydrogen) atoms. The molecule has 4 amide bonds. The third-order valence-corrected chi connectivity index (χ3v) is 8.27. The molecule has 6 N–H and O–H groups in total. The van der Waals surface area contributed by atoms with E-state index in [0.717, 1.165) is 50.0 Å². The minimum absolute atomic E-state index is 0.0161. The van der Waals surface area contributed by atoms with Crippen LogP contribution in [0.1, 0.15) is 128 Å². The Bertz CT molecular complexity index is 1790. The normalized spacial score (nSPS) is 15.9. The van der Waals surface area contributed by atoms with Crippen LogP contribution in [-0.2, 0) is 18.9 Å². The smallest absolute Gasteiger partial charge is 0.412 e. The van der Waals surface area contributed by atoms with Crippen molar-refractivity contribution in [1.82, 2.24) is 10.6 Å². The third-order valence-electron chi connectivity index (χ3n) is 8.27. The standard InChI is InChI=1S/C21H34N4O4.C11H13FN2O4.C11H21NO2/c1-20(2,3)28-18(26)23-14-9-10-17(16(22)12-14)25-11-7-8-15(13-25)24-19(27)29-21(4,5)6;1-11(2,3)18-10(15)13-7-4-5-8(12)9(6-7)14(16)17;1-11(2,3)14-10(13)12-9-7-5-4-6-8-9/h9-10,12,15H,7-8,11,13,22H2,1-6H3,(H,23,26)(H,24,27);4-6H,1-3H3,(H,13,15);9H,4-8H2,1-3H3,(H,12,13)/t15-;;/m1../s1. The Morgan fingerprint density at radius 1 is 0.656 bits per heavy atom. The van der Waals surface area contributed by atoms with Gasteiger partial charge in [-0.1, -0.05) is 19.3 Å².